The molecule has 0 saturated heterocycles. The number of aliphatic carboxylic acids is 3. The molecule has 13 nitrogen and oxygen atoms in total. The maximum Gasteiger partial charge on any atom is 0.326 e. The molecule has 152 valence electrons. The Morgan fingerprint density at radius 1 is 0.741 bits per heavy atom. The van der Waals surface area contributed by atoms with Gasteiger partial charge >= 0.3 is 17.9 Å². The van der Waals surface area contributed by atoms with Gasteiger partial charge in [0.1, 0.15) is 18.1 Å². The predicted octanol–water partition coefficient (Wildman–Crippen LogP) is -3.16. The number of hydrogen-bond donors (Lipinski definition) is 7. The van der Waals surface area contributed by atoms with Crippen LogP contribution in [0.25, 0.3) is 0 Å². The van der Waals surface area contributed by atoms with Crippen LogP contribution in [0.15, 0.2) is 0 Å². The van der Waals surface area contributed by atoms with Gasteiger partial charge in [-0.1, -0.05) is 0 Å². The summed E-state index contributed by atoms with van der Waals surface area (Å²) in [6, 6.07) is -5.59. The molecule has 0 fully saturated rings. The third kappa shape index (κ3) is 9.15. The van der Waals surface area contributed by atoms with Crippen molar-refractivity contribution in [1.29, 1.82) is 0 Å². The average molecular weight is 390 g/mol. The first-order valence-electron chi connectivity index (χ1n) is 7.68. The van der Waals surface area contributed by atoms with E-state index >= 15 is 0 Å². The molecule has 13 heteroatoms. The molecule has 0 aliphatic carbocycles. The highest BCUT2D eigenvalue weighted by Gasteiger charge is 2.30. The van der Waals surface area contributed by atoms with Crippen LogP contribution in [0.2, 0.25) is 0 Å². The molecule has 0 aromatic carbocycles. The Kier molecular flexibility index (Phi) is 9.42. The summed E-state index contributed by atoms with van der Waals surface area (Å²) in [4.78, 5) is 68.2. The molecule has 4 unspecified atom stereocenters. The van der Waals surface area contributed by atoms with E-state index in [0.717, 1.165) is 0 Å². The van der Waals surface area contributed by atoms with Crippen LogP contribution in [0.1, 0.15) is 26.7 Å². The fourth-order valence-electron chi connectivity index (χ4n) is 1.74. The molecule has 0 heterocycles. The van der Waals surface area contributed by atoms with Crippen molar-refractivity contribution in [3.05, 3.63) is 0 Å². The van der Waals surface area contributed by atoms with Gasteiger partial charge in [0.25, 0.3) is 0 Å². The van der Waals surface area contributed by atoms with Crippen LogP contribution in [0.5, 0.6) is 0 Å². The molecule has 8 N–H and O–H groups in total. The molecule has 0 radical (unpaired) electrons. The van der Waals surface area contributed by atoms with Gasteiger partial charge in [-0.25, -0.2) is 4.79 Å². The Morgan fingerprint density at radius 2 is 1.19 bits per heavy atom. The van der Waals surface area contributed by atoms with Gasteiger partial charge < -0.3 is 37.0 Å². The predicted molar refractivity (Wildman–Crippen MR) is 87.3 cm³/mol. The molecule has 0 aliphatic heterocycles. The second-order valence-electron chi connectivity index (χ2n) is 5.68. The standard InChI is InChI=1S/C14H22N4O9/c1-5(15)11(23)16-6(2)12(24)17-7(3-9(19)20)13(25)18-8(14(26)27)4-10(21)22/h5-8H,3-4,15H2,1-2H3,(H,16,23)(H,17,24)(H,18,25)(H,19,20)(H,21,22)(H,26,27). The van der Waals surface area contributed by atoms with Crippen LogP contribution >= 0.6 is 0 Å². The minimum absolute atomic E-state index is 0.663. The SMILES string of the molecule is CC(N)C(=O)NC(C)C(=O)NC(CC(=O)O)C(=O)NC(CC(=O)O)C(=O)O. The monoisotopic (exact) mass is 390 g/mol. The largest absolute Gasteiger partial charge is 0.481 e. The number of carboxylic acids is 3. The summed E-state index contributed by atoms with van der Waals surface area (Å²) in [6.45, 7) is 2.63. The van der Waals surface area contributed by atoms with Crippen LogP contribution in [0, 0.1) is 0 Å². The van der Waals surface area contributed by atoms with Gasteiger partial charge in [-0.3, -0.25) is 24.0 Å². The van der Waals surface area contributed by atoms with Gasteiger partial charge in [-0.2, -0.15) is 0 Å². The van der Waals surface area contributed by atoms with E-state index in [4.69, 9.17) is 21.1 Å². The number of nitrogens with two attached hydrogens (primary N) is 1. The molecule has 0 aromatic rings. The van der Waals surface area contributed by atoms with Crippen LogP contribution in [-0.4, -0.2) is 75.1 Å². The summed E-state index contributed by atoms with van der Waals surface area (Å²) in [7, 11) is 0. The quantitative estimate of drug-likeness (QED) is 0.187. The molecular formula is C14H22N4O9. The Bertz CT molecular complexity index is 620. The Balaban J connectivity index is 5.14. The van der Waals surface area contributed by atoms with Crippen molar-refractivity contribution in [2.75, 3.05) is 0 Å². The molecular weight excluding hydrogens is 368 g/mol. The van der Waals surface area contributed by atoms with Gasteiger partial charge in [0.2, 0.25) is 17.7 Å². The number of hydrogen-bond acceptors (Lipinski definition) is 7. The lowest BCUT2D eigenvalue weighted by molar-refractivity contribution is -0.148. The summed E-state index contributed by atoms with van der Waals surface area (Å²) >= 11 is 0. The van der Waals surface area contributed by atoms with Crippen molar-refractivity contribution < 1.29 is 44.1 Å². The lowest BCUT2D eigenvalue weighted by atomic mass is 10.1. The maximum atomic E-state index is 12.1. The summed E-state index contributed by atoms with van der Waals surface area (Å²) in [5.41, 5.74) is 5.33. The Hall–Kier alpha value is -3.22. The summed E-state index contributed by atoms with van der Waals surface area (Å²) in [5.74, 6) is -7.42. The van der Waals surface area contributed by atoms with Gasteiger partial charge in [0.05, 0.1) is 18.9 Å². The third-order valence-corrected chi connectivity index (χ3v) is 3.17. The van der Waals surface area contributed by atoms with Crippen molar-refractivity contribution >= 4 is 35.6 Å². The molecule has 0 saturated carbocycles. The number of nitrogens with one attached hydrogen (secondary N) is 3. The van der Waals surface area contributed by atoms with Crippen LogP contribution in [0.3, 0.4) is 0 Å². The van der Waals surface area contributed by atoms with E-state index in [1.807, 2.05) is 5.32 Å². The Morgan fingerprint density at radius 3 is 1.59 bits per heavy atom. The molecule has 0 aliphatic rings. The van der Waals surface area contributed by atoms with Gasteiger partial charge in [-0.15, -0.1) is 0 Å². The summed E-state index contributed by atoms with van der Waals surface area (Å²) in [6.07, 6.45) is -1.85. The zero-order chi connectivity index (χ0) is 21.3. The molecule has 27 heavy (non-hydrogen) atoms. The van der Waals surface area contributed by atoms with E-state index in [2.05, 4.69) is 10.6 Å². The molecule has 3 amide bonds. The lowest BCUT2D eigenvalue weighted by Gasteiger charge is -2.22. The van der Waals surface area contributed by atoms with Crippen molar-refractivity contribution in [2.24, 2.45) is 5.73 Å². The molecule has 0 bridgehead atoms. The molecule has 0 spiro atoms. The molecule has 0 rings (SSSR count). The van der Waals surface area contributed by atoms with Crippen molar-refractivity contribution in [3.63, 3.8) is 0 Å². The number of rotatable bonds is 11. The summed E-state index contributed by atoms with van der Waals surface area (Å²) in [5, 5.41) is 32.6. The van der Waals surface area contributed by atoms with E-state index in [1.165, 1.54) is 13.8 Å². The highest BCUT2D eigenvalue weighted by atomic mass is 16.4. The number of carbonyl (C=O) groups is 6. The first-order chi connectivity index (χ1) is 12.3. The van der Waals surface area contributed by atoms with E-state index in [0.29, 0.717) is 0 Å². The highest BCUT2D eigenvalue weighted by Crippen LogP contribution is 1.99. The number of carbonyl (C=O) groups excluding carboxylic acids is 3. The second-order valence-corrected chi connectivity index (χ2v) is 5.68. The zero-order valence-corrected chi connectivity index (χ0v) is 14.6. The van der Waals surface area contributed by atoms with E-state index < -0.39 is 72.6 Å². The van der Waals surface area contributed by atoms with Crippen molar-refractivity contribution in [1.82, 2.24) is 16.0 Å². The van der Waals surface area contributed by atoms with Gasteiger partial charge in [0, 0.05) is 0 Å². The second kappa shape index (κ2) is 10.7. The fraction of sp³-hybridized carbons (Fsp3) is 0.571. The smallest absolute Gasteiger partial charge is 0.326 e. The van der Waals surface area contributed by atoms with E-state index in [9.17, 15) is 28.8 Å². The Labute approximate surface area is 153 Å². The minimum atomic E-state index is -1.82. The highest BCUT2D eigenvalue weighted by molar-refractivity contribution is 5.95. The summed E-state index contributed by atoms with van der Waals surface area (Å²) < 4.78 is 0. The normalized spacial score (nSPS) is 14.8. The van der Waals surface area contributed by atoms with E-state index in [1.54, 1.807) is 0 Å². The number of carboxylic acid groups (broad SMARTS) is 3. The first kappa shape index (κ1) is 23.8. The van der Waals surface area contributed by atoms with Gasteiger partial charge in [-0.05, 0) is 13.8 Å². The van der Waals surface area contributed by atoms with Crippen molar-refractivity contribution in [3.8, 4) is 0 Å². The van der Waals surface area contributed by atoms with Gasteiger partial charge in [0.15, 0.2) is 0 Å². The first-order valence-corrected chi connectivity index (χ1v) is 7.68. The number of amides is 3. The fourth-order valence-corrected chi connectivity index (χ4v) is 1.74. The topological polar surface area (TPSA) is 225 Å². The van der Waals surface area contributed by atoms with Crippen LogP contribution in [0.4, 0.5) is 0 Å². The van der Waals surface area contributed by atoms with Crippen molar-refractivity contribution in [2.45, 2.75) is 50.9 Å². The maximum absolute atomic E-state index is 12.1. The zero-order valence-electron chi connectivity index (χ0n) is 14.6. The average Bonchev–Trinajstić information content (AvgIpc) is 2.51. The van der Waals surface area contributed by atoms with E-state index in [-0.39, 0.29) is 0 Å². The van der Waals surface area contributed by atoms with Crippen LogP contribution in [-0.2, 0) is 28.8 Å². The lowest BCUT2D eigenvalue weighted by Crippen LogP contribution is -2.56. The molecule has 0 aromatic heterocycles. The molecule has 4 atom stereocenters. The minimum Gasteiger partial charge on any atom is -0.481 e. The van der Waals surface area contributed by atoms with Crippen LogP contribution < -0.4 is 21.7 Å². The third-order valence-electron chi connectivity index (χ3n) is 3.17.